The number of benzene rings is 1. The van der Waals surface area contributed by atoms with Crippen LogP contribution in [0.25, 0.3) is 0 Å². The predicted molar refractivity (Wildman–Crippen MR) is 77.8 cm³/mol. The van der Waals surface area contributed by atoms with Gasteiger partial charge in [0.2, 0.25) is 5.91 Å². The molecule has 2 rings (SSSR count). The molecular weight excluding hydrogens is 257 g/mol. The van der Waals surface area contributed by atoms with Crippen LogP contribution in [0, 0.1) is 11.7 Å². The zero-order valence-corrected chi connectivity index (χ0v) is 11.8. The number of primary amides is 1. The van der Waals surface area contributed by atoms with Gasteiger partial charge in [-0.2, -0.15) is 0 Å². The highest BCUT2D eigenvalue weighted by atomic mass is 19.1. The summed E-state index contributed by atoms with van der Waals surface area (Å²) in [5, 5.41) is 0. The lowest BCUT2D eigenvalue weighted by Gasteiger charge is -2.35. The molecule has 1 saturated heterocycles. The Morgan fingerprint density at radius 1 is 1.45 bits per heavy atom. The van der Waals surface area contributed by atoms with E-state index in [2.05, 4.69) is 4.90 Å². The standard InChI is InChI=1S/C15H22FN3O/c1-10(17)13-9-12(16)2-3-14(13)19-6-4-11(5-7-19)8-15(18)20/h2-3,9-11H,4-8,17H2,1H3,(H2,18,20)/t10-/m0/s1. The summed E-state index contributed by atoms with van der Waals surface area (Å²) in [7, 11) is 0. The third kappa shape index (κ3) is 3.48. The van der Waals surface area contributed by atoms with Crippen LogP contribution in [-0.2, 0) is 4.79 Å². The Kier molecular flexibility index (Phi) is 4.60. The molecule has 0 saturated carbocycles. The van der Waals surface area contributed by atoms with Gasteiger partial charge in [0.05, 0.1) is 0 Å². The van der Waals surface area contributed by atoms with E-state index in [9.17, 15) is 9.18 Å². The van der Waals surface area contributed by atoms with Crippen LogP contribution in [0.1, 0.15) is 37.8 Å². The van der Waals surface area contributed by atoms with Crippen molar-refractivity contribution in [2.45, 2.75) is 32.2 Å². The molecule has 0 aliphatic carbocycles. The Hall–Kier alpha value is -1.62. The van der Waals surface area contributed by atoms with Crippen molar-refractivity contribution in [1.29, 1.82) is 0 Å². The summed E-state index contributed by atoms with van der Waals surface area (Å²) in [4.78, 5) is 13.2. The van der Waals surface area contributed by atoms with Gasteiger partial charge in [-0.3, -0.25) is 4.79 Å². The molecule has 4 nitrogen and oxygen atoms in total. The minimum Gasteiger partial charge on any atom is -0.371 e. The number of rotatable bonds is 4. The molecule has 1 heterocycles. The lowest BCUT2D eigenvalue weighted by Crippen LogP contribution is -2.36. The van der Waals surface area contributed by atoms with Crippen LogP contribution in [0.4, 0.5) is 10.1 Å². The largest absolute Gasteiger partial charge is 0.371 e. The van der Waals surface area contributed by atoms with E-state index >= 15 is 0 Å². The Morgan fingerprint density at radius 2 is 2.10 bits per heavy atom. The Labute approximate surface area is 118 Å². The maximum absolute atomic E-state index is 13.4. The van der Waals surface area contributed by atoms with Gasteiger partial charge in [-0.1, -0.05) is 0 Å². The summed E-state index contributed by atoms with van der Waals surface area (Å²) < 4.78 is 13.4. The van der Waals surface area contributed by atoms with Crippen molar-refractivity contribution in [2.24, 2.45) is 17.4 Å². The van der Waals surface area contributed by atoms with Crippen molar-refractivity contribution in [3.63, 3.8) is 0 Å². The maximum atomic E-state index is 13.4. The van der Waals surface area contributed by atoms with E-state index in [-0.39, 0.29) is 17.8 Å². The summed E-state index contributed by atoms with van der Waals surface area (Å²) in [6, 6.07) is 4.57. The van der Waals surface area contributed by atoms with Gasteiger partial charge >= 0.3 is 0 Å². The van der Waals surface area contributed by atoms with Crippen molar-refractivity contribution >= 4 is 11.6 Å². The molecule has 0 aromatic heterocycles. The molecular formula is C15H22FN3O. The molecule has 1 aromatic rings. The van der Waals surface area contributed by atoms with Gasteiger partial charge < -0.3 is 16.4 Å². The number of anilines is 1. The third-order valence-electron chi connectivity index (χ3n) is 3.93. The first kappa shape index (κ1) is 14.8. The molecule has 0 spiro atoms. The van der Waals surface area contributed by atoms with Crippen LogP contribution >= 0.6 is 0 Å². The van der Waals surface area contributed by atoms with Crippen LogP contribution in [0.2, 0.25) is 0 Å². The maximum Gasteiger partial charge on any atom is 0.217 e. The number of nitrogens with two attached hydrogens (primary N) is 2. The number of carbonyl (C=O) groups is 1. The van der Waals surface area contributed by atoms with E-state index in [4.69, 9.17) is 11.5 Å². The lowest BCUT2D eigenvalue weighted by molar-refractivity contribution is -0.119. The monoisotopic (exact) mass is 279 g/mol. The molecule has 1 aliphatic rings. The smallest absolute Gasteiger partial charge is 0.217 e. The van der Waals surface area contributed by atoms with Crippen LogP contribution in [0.3, 0.4) is 0 Å². The van der Waals surface area contributed by atoms with Crippen LogP contribution in [0.5, 0.6) is 0 Å². The molecule has 0 radical (unpaired) electrons. The Bertz CT molecular complexity index is 482. The normalized spacial score (nSPS) is 18.1. The summed E-state index contributed by atoms with van der Waals surface area (Å²) in [6.45, 7) is 3.56. The average Bonchev–Trinajstić information content (AvgIpc) is 2.39. The molecule has 1 fully saturated rings. The molecule has 1 atom stereocenters. The third-order valence-corrected chi connectivity index (χ3v) is 3.93. The number of carbonyl (C=O) groups excluding carboxylic acids is 1. The summed E-state index contributed by atoms with van der Waals surface area (Å²) >= 11 is 0. The molecule has 0 unspecified atom stereocenters. The summed E-state index contributed by atoms with van der Waals surface area (Å²) in [6.07, 6.45) is 2.31. The van der Waals surface area contributed by atoms with E-state index in [0.717, 1.165) is 37.2 Å². The summed E-state index contributed by atoms with van der Waals surface area (Å²) in [5.41, 5.74) is 13.0. The van der Waals surface area contributed by atoms with Crippen molar-refractivity contribution in [3.05, 3.63) is 29.6 Å². The second-order valence-electron chi connectivity index (χ2n) is 5.59. The topological polar surface area (TPSA) is 72.3 Å². The van der Waals surface area contributed by atoms with Crippen LogP contribution < -0.4 is 16.4 Å². The van der Waals surface area contributed by atoms with Crippen molar-refractivity contribution in [3.8, 4) is 0 Å². The number of nitrogens with zero attached hydrogens (tertiary/aromatic N) is 1. The molecule has 1 amide bonds. The second-order valence-corrected chi connectivity index (χ2v) is 5.59. The fourth-order valence-electron chi connectivity index (χ4n) is 2.84. The van der Waals surface area contributed by atoms with Gasteiger partial charge in [-0.05, 0) is 49.4 Å². The van der Waals surface area contributed by atoms with Gasteiger partial charge in [-0.25, -0.2) is 4.39 Å². The Morgan fingerprint density at radius 3 is 2.65 bits per heavy atom. The molecule has 1 aliphatic heterocycles. The van der Waals surface area contributed by atoms with E-state index in [1.165, 1.54) is 12.1 Å². The molecule has 110 valence electrons. The number of hydrogen-bond donors (Lipinski definition) is 2. The minimum absolute atomic E-state index is 0.205. The number of halogens is 1. The SMILES string of the molecule is C[C@H](N)c1cc(F)ccc1N1CCC(CC(N)=O)CC1. The molecule has 0 bridgehead atoms. The van der Waals surface area contributed by atoms with Crippen molar-refractivity contribution < 1.29 is 9.18 Å². The van der Waals surface area contributed by atoms with Gasteiger partial charge in [0.25, 0.3) is 0 Å². The second kappa shape index (κ2) is 6.22. The first-order chi connectivity index (χ1) is 9.47. The summed E-state index contributed by atoms with van der Waals surface area (Å²) in [5.74, 6) is -0.130. The van der Waals surface area contributed by atoms with Crippen LogP contribution in [0.15, 0.2) is 18.2 Å². The van der Waals surface area contributed by atoms with Gasteiger partial charge in [0.15, 0.2) is 0 Å². The van der Waals surface area contributed by atoms with Gasteiger partial charge in [0, 0.05) is 31.2 Å². The first-order valence-electron chi connectivity index (χ1n) is 7.05. The van der Waals surface area contributed by atoms with E-state index < -0.39 is 0 Å². The molecule has 20 heavy (non-hydrogen) atoms. The van der Waals surface area contributed by atoms with E-state index in [1.807, 2.05) is 6.92 Å². The minimum atomic E-state index is -0.260. The Balaban J connectivity index is 2.09. The highest BCUT2D eigenvalue weighted by Crippen LogP contribution is 2.30. The highest BCUT2D eigenvalue weighted by Gasteiger charge is 2.23. The number of piperidine rings is 1. The van der Waals surface area contributed by atoms with Crippen LogP contribution in [-0.4, -0.2) is 19.0 Å². The quantitative estimate of drug-likeness (QED) is 0.884. The molecule has 4 N–H and O–H groups in total. The van der Waals surface area contributed by atoms with E-state index in [0.29, 0.717) is 12.3 Å². The zero-order valence-electron chi connectivity index (χ0n) is 11.8. The molecule has 1 aromatic carbocycles. The fraction of sp³-hybridized carbons (Fsp3) is 0.533. The zero-order chi connectivity index (χ0) is 14.7. The molecule has 5 heteroatoms. The lowest BCUT2D eigenvalue weighted by atomic mass is 9.92. The van der Waals surface area contributed by atoms with Crippen molar-refractivity contribution in [2.75, 3.05) is 18.0 Å². The van der Waals surface area contributed by atoms with Gasteiger partial charge in [0.1, 0.15) is 5.82 Å². The number of amides is 1. The predicted octanol–water partition coefficient (Wildman–Crippen LogP) is 1.94. The average molecular weight is 279 g/mol. The van der Waals surface area contributed by atoms with Crippen molar-refractivity contribution in [1.82, 2.24) is 0 Å². The van der Waals surface area contributed by atoms with E-state index in [1.54, 1.807) is 6.07 Å². The van der Waals surface area contributed by atoms with Gasteiger partial charge in [-0.15, -0.1) is 0 Å². The fourth-order valence-corrected chi connectivity index (χ4v) is 2.84. The highest BCUT2D eigenvalue weighted by molar-refractivity contribution is 5.74. The first-order valence-corrected chi connectivity index (χ1v) is 7.05. The number of hydrogen-bond acceptors (Lipinski definition) is 3.